The number of likely N-dealkylation sites (tertiary alicyclic amines) is 1. The molecule has 2 aromatic carbocycles. The molecule has 2 atom stereocenters. The van der Waals surface area contributed by atoms with Crippen LogP contribution in [0.25, 0.3) is 11.1 Å². The van der Waals surface area contributed by atoms with Gasteiger partial charge in [0.25, 0.3) is 0 Å². The van der Waals surface area contributed by atoms with Crippen molar-refractivity contribution < 1.29 is 4.74 Å². The van der Waals surface area contributed by atoms with Crippen LogP contribution in [0, 0.1) is 18.8 Å². The molecule has 1 saturated heterocycles. The predicted molar refractivity (Wildman–Crippen MR) is 106 cm³/mol. The number of rotatable bonds is 6. The van der Waals surface area contributed by atoms with Gasteiger partial charge in [-0.15, -0.1) is 0 Å². The Kier molecular flexibility index (Phi) is 6.14. The number of benzene rings is 2. The highest BCUT2D eigenvalue weighted by molar-refractivity contribution is 5.64. The first kappa shape index (κ1) is 18.0. The molecule has 0 bridgehead atoms. The van der Waals surface area contributed by atoms with Gasteiger partial charge in [-0.25, -0.2) is 0 Å². The van der Waals surface area contributed by atoms with Gasteiger partial charge in [0.15, 0.2) is 0 Å². The number of aryl methyl sites for hydroxylation is 1. The van der Waals surface area contributed by atoms with E-state index in [2.05, 4.69) is 74.2 Å². The number of nitrogens with zero attached hydrogens (tertiary/aromatic N) is 1. The zero-order valence-corrected chi connectivity index (χ0v) is 15.9. The molecule has 0 radical (unpaired) electrons. The zero-order chi connectivity index (χ0) is 17.6. The minimum Gasteiger partial charge on any atom is -0.494 e. The molecule has 1 heterocycles. The second-order valence-electron chi connectivity index (χ2n) is 7.80. The lowest BCUT2D eigenvalue weighted by Gasteiger charge is -2.34. The molecule has 0 amide bonds. The van der Waals surface area contributed by atoms with Crippen LogP contribution in [0.2, 0.25) is 0 Å². The van der Waals surface area contributed by atoms with Crippen molar-refractivity contribution in [2.24, 2.45) is 11.8 Å². The Labute approximate surface area is 152 Å². The minimum absolute atomic E-state index is 0.795. The van der Waals surface area contributed by atoms with Gasteiger partial charge in [-0.2, -0.15) is 0 Å². The van der Waals surface area contributed by atoms with Crippen molar-refractivity contribution in [2.45, 2.75) is 33.6 Å². The maximum atomic E-state index is 5.93. The highest BCUT2D eigenvalue weighted by atomic mass is 16.5. The Morgan fingerprint density at radius 1 is 0.880 bits per heavy atom. The Bertz CT molecular complexity index is 637. The van der Waals surface area contributed by atoms with E-state index in [0.717, 1.165) is 37.2 Å². The smallest absolute Gasteiger partial charge is 0.119 e. The van der Waals surface area contributed by atoms with E-state index in [4.69, 9.17) is 4.74 Å². The summed E-state index contributed by atoms with van der Waals surface area (Å²) in [5, 5.41) is 0. The molecule has 1 fully saturated rings. The number of hydrogen-bond donors (Lipinski definition) is 0. The lowest BCUT2D eigenvalue weighted by molar-refractivity contribution is 0.132. The van der Waals surface area contributed by atoms with Crippen molar-refractivity contribution in [1.29, 1.82) is 0 Å². The van der Waals surface area contributed by atoms with Gasteiger partial charge in [0.2, 0.25) is 0 Å². The Balaban J connectivity index is 1.43. The van der Waals surface area contributed by atoms with E-state index in [-0.39, 0.29) is 0 Å². The fourth-order valence-electron chi connectivity index (χ4n) is 3.94. The maximum Gasteiger partial charge on any atom is 0.119 e. The SMILES string of the molecule is Cc1ccc(-c2ccc(OCCCN3CC(C)CC(C)C3)cc2)cc1. The van der Waals surface area contributed by atoms with Crippen LogP contribution >= 0.6 is 0 Å². The summed E-state index contributed by atoms with van der Waals surface area (Å²) in [5.41, 5.74) is 3.79. The summed E-state index contributed by atoms with van der Waals surface area (Å²) in [6.45, 7) is 11.3. The third kappa shape index (κ3) is 5.34. The summed E-state index contributed by atoms with van der Waals surface area (Å²) in [6.07, 6.45) is 2.47. The number of hydrogen-bond acceptors (Lipinski definition) is 2. The van der Waals surface area contributed by atoms with Gasteiger partial charge in [-0.3, -0.25) is 0 Å². The van der Waals surface area contributed by atoms with Crippen molar-refractivity contribution >= 4 is 0 Å². The molecule has 2 unspecified atom stereocenters. The average molecular weight is 338 g/mol. The molecule has 0 N–H and O–H groups in total. The van der Waals surface area contributed by atoms with Crippen LogP contribution < -0.4 is 4.74 Å². The van der Waals surface area contributed by atoms with Crippen LogP contribution in [0.5, 0.6) is 5.75 Å². The van der Waals surface area contributed by atoms with E-state index in [9.17, 15) is 0 Å². The van der Waals surface area contributed by atoms with E-state index in [0.29, 0.717) is 0 Å². The lowest BCUT2D eigenvalue weighted by Crippen LogP contribution is -2.39. The van der Waals surface area contributed by atoms with E-state index in [1.54, 1.807) is 0 Å². The topological polar surface area (TPSA) is 12.5 Å². The molecule has 2 heteroatoms. The van der Waals surface area contributed by atoms with Crippen LogP contribution in [0.3, 0.4) is 0 Å². The first-order valence-corrected chi connectivity index (χ1v) is 9.62. The van der Waals surface area contributed by atoms with Crippen LogP contribution in [0.4, 0.5) is 0 Å². The van der Waals surface area contributed by atoms with E-state index >= 15 is 0 Å². The summed E-state index contributed by atoms with van der Waals surface area (Å²) < 4.78 is 5.93. The van der Waals surface area contributed by atoms with Gasteiger partial charge >= 0.3 is 0 Å². The predicted octanol–water partition coefficient (Wildman–Crippen LogP) is 5.41. The van der Waals surface area contributed by atoms with E-state index < -0.39 is 0 Å². The maximum absolute atomic E-state index is 5.93. The second-order valence-corrected chi connectivity index (χ2v) is 7.80. The average Bonchev–Trinajstić information content (AvgIpc) is 2.59. The number of ether oxygens (including phenoxy) is 1. The molecule has 0 aromatic heterocycles. The first-order chi connectivity index (χ1) is 12.1. The highest BCUT2D eigenvalue weighted by Crippen LogP contribution is 2.23. The van der Waals surface area contributed by atoms with Crippen molar-refractivity contribution in [1.82, 2.24) is 4.90 Å². The molecular weight excluding hydrogens is 306 g/mol. The fraction of sp³-hybridized carbons (Fsp3) is 0.478. The molecule has 1 aliphatic rings. The molecule has 0 aliphatic carbocycles. The molecular formula is C23H31NO. The summed E-state index contributed by atoms with van der Waals surface area (Å²) in [6, 6.07) is 17.1. The standard InChI is InChI=1S/C23H31NO/c1-18-5-7-21(8-6-18)22-9-11-23(12-10-22)25-14-4-13-24-16-19(2)15-20(3)17-24/h5-12,19-20H,4,13-17H2,1-3H3. The summed E-state index contributed by atoms with van der Waals surface area (Å²) in [4.78, 5) is 2.60. The van der Waals surface area contributed by atoms with Crippen molar-refractivity contribution in [3.8, 4) is 16.9 Å². The van der Waals surface area contributed by atoms with Crippen LogP contribution in [-0.2, 0) is 0 Å². The molecule has 25 heavy (non-hydrogen) atoms. The van der Waals surface area contributed by atoms with Crippen LogP contribution in [-0.4, -0.2) is 31.1 Å². The van der Waals surface area contributed by atoms with Gasteiger partial charge in [0.05, 0.1) is 6.61 Å². The Hall–Kier alpha value is -1.80. The van der Waals surface area contributed by atoms with Crippen molar-refractivity contribution in [2.75, 3.05) is 26.2 Å². The Morgan fingerprint density at radius 2 is 1.44 bits per heavy atom. The van der Waals surface area contributed by atoms with Crippen molar-refractivity contribution in [3.63, 3.8) is 0 Å². The minimum atomic E-state index is 0.795. The van der Waals surface area contributed by atoms with E-state index in [1.165, 1.54) is 36.2 Å². The Morgan fingerprint density at radius 3 is 2.04 bits per heavy atom. The largest absolute Gasteiger partial charge is 0.494 e. The molecule has 0 spiro atoms. The molecule has 2 nitrogen and oxygen atoms in total. The second kappa shape index (κ2) is 8.53. The van der Waals surface area contributed by atoms with Crippen molar-refractivity contribution in [3.05, 3.63) is 54.1 Å². The zero-order valence-electron chi connectivity index (χ0n) is 15.9. The fourth-order valence-corrected chi connectivity index (χ4v) is 3.94. The summed E-state index contributed by atoms with van der Waals surface area (Å²) in [7, 11) is 0. The van der Waals surface area contributed by atoms with Crippen LogP contribution in [0.1, 0.15) is 32.3 Å². The quantitative estimate of drug-likeness (QED) is 0.654. The summed E-state index contributed by atoms with van der Waals surface area (Å²) in [5.74, 6) is 2.63. The first-order valence-electron chi connectivity index (χ1n) is 9.62. The van der Waals surface area contributed by atoms with Gasteiger partial charge in [-0.1, -0.05) is 55.8 Å². The molecule has 1 aliphatic heterocycles. The molecule has 2 aromatic rings. The monoisotopic (exact) mass is 337 g/mol. The van der Waals surface area contributed by atoms with Gasteiger partial charge in [0, 0.05) is 19.6 Å². The van der Waals surface area contributed by atoms with Gasteiger partial charge < -0.3 is 9.64 Å². The number of piperidine rings is 1. The van der Waals surface area contributed by atoms with Gasteiger partial charge in [0.1, 0.15) is 5.75 Å². The lowest BCUT2D eigenvalue weighted by atomic mass is 9.92. The molecule has 3 rings (SSSR count). The normalized spacial score (nSPS) is 21.2. The summed E-state index contributed by atoms with van der Waals surface area (Å²) >= 11 is 0. The highest BCUT2D eigenvalue weighted by Gasteiger charge is 2.20. The van der Waals surface area contributed by atoms with Crippen LogP contribution in [0.15, 0.2) is 48.5 Å². The van der Waals surface area contributed by atoms with E-state index in [1.807, 2.05) is 0 Å². The van der Waals surface area contributed by atoms with Gasteiger partial charge in [-0.05, 0) is 54.9 Å². The third-order valence-electron chi connectivity index (χ3n) is 5.07. The molecule has 0 saturated carbocycles. The molecule has 134 valence electrons. The third-order valence-corrected chi connectivity index (χ3v) is 5.07.